The van der Waals surface area contributed by atoms with E-state index in [0.29, 0.717) is 18.2 Å². The average Bonchev–Trinajstić information content (AvgIpc) is 2.60. The van der Waals surface area contributed by atoms with Crippen molar-refractivity contribution in [2.24, 2.45) is 0 Å². The molecule has 1 N–H and O–H groups in total. The second-order valence-electron chi connectivity index (χ2n) is 5.95. The Hall–Kier alpha value is -2.04. The van der Waals surface area contributed by atoms with E-state index in [1.54, 1.807) is 25.1 Å². The first-order chi connectivity index (χ1) is 11.1. The number of nitrogens with zero attached hydrogens (tertiary/aromatic N) is 1. The van der Waals surface area contributed by atoms with Gasteiger partial charge in [0.25, 0.3) is 0 Å². The smallest absolute Gasteiger partial charge is 0.338 e. The predicted octanol–water partition coefficient (Wildman–Crippen LogP) is 3.07. The third-order valence-corrected chi connectivity index (χ3v) is 4.33. The topological polar surface area (TPSA) is 58.6 Å². The highest BCUT2D eigenvalue weighted by molar-refractivity contribution is 5.90. The second-order valence-corrected chi connectivity index (χ2v) is 5.95. The Bertz CT molecular complexity index is 539. The highest BCUT2D eigenvalue weighted by Crippen LogP contribution is 2.21. The van der Waals surface area contributed by atoms with Crippen LogP contribution in [-0.4, -0.2) is 43.0 Å². The molecule has 0 unspecified atom stereocenters. The van der Waals surface area contributed by atoms with Crippen LogP contribution in [0.4, 0.5) is 5.69 Å². The normalized spacial score (nSPS) is 15.0. The zero-order valence-electron chi connectivity index (χ0n) is 14.0. The fourth-order valence-corrected chi connectivity index (χ4v) is 2.94. The molecule has 126 valence electrons. The molecular formula is C18H26N2O3. The molecule has 0 aromatic heterocycles. The van der Waals surface area contributed by atoms with E-state index in [4.69, 9.17) is 4.74 Å². The molecule has 0 radical (unpaired) electrons. The van der Waals surface area contributed by atoms with E-state index in [0.717, 1.165) is 18.5 Å². The monoisotopic (exact) mass is 318 g/mol. The summed E-state index contributed by atoms with van der Waals surface area (Å²) in [5.74, 6) is -0.264. The molecule has 0 atom stereocenters. The molecule has 0 spiro atoms. The summed E-state index contributed by atoms with van der Waals surface area (Å²) >= 11 is 0. The zero-order valence-corrected chi connectivity index (χ0v) is 14.0. The number of hydrogen-bond acceptors (Lipinski definition) is 4. The minimum absolute atomic E-state index is 0.0819. The SMILES string of the molecule is CCOC(=O)c1cccc(NCC(=O)N(C)C2CCCCC2)c1. The molecule has 1 aliphatic rings. The van der Waals surface area contributed by atoms with Gasteiger partial charge in [0.2, 0.25) is 5.91 Å². The number of carbonyl (C=O) groups excluding carboxylic acids is 2. The van der Waals surface area contributed by atoms with Gasteiger partial charge in [-0.3, -0.25) is 4.79 Å². The molecular weight excluding hydrogens is 292 g/mol. The van der Waals surface area contributed by atoms with Gasteiger partial charge in [0.1, 0.15) is 0 Å². The number of carbonyl (C=O) groups is 2. The lowest BCUT2D eigenvalue weighted by atomic mass is 9.94. The van der Waals surface area contributed by atoms with Gasteiger partial charge in [-0.15, -0.1) is 0 Å². The minimum Gasteiger partial charge on any atom is -0.462 e. The van der Waals surface area contributed by atoms with Crippen molar-refractivity contribution in [3.63, 3.8) is 0 Å². The summed E-state index contributed by atoms with van der Waals surface area (Å²) in [6.07, 6.45) is 5.88. The van der Waals surface area contributed by atoms with Crippen molar-refractivity contribution in [1.82, 2.24) is 4.90 Å². The van der Waals surface area contributed by atoms with Crippen LogP contribution in [0.2, 0.25) is 0 Å². The number of benzene rings is 1. The number of hydrogen-bond donors (Lipinski definition) is 1. The maximum absolute atomic E-state index is 12.3. The fourth-order valence-electron chi connectivity index (χ4n) is 2.94. The van der Waals surface area contributed by atoms with Gasteiger partial charge in [-0.1, -0.05) is 25.3 Å². The van der Waals surface area contributed by atoms with Crippen molar-refractivity contribution in [3.05, 3.63) is 29.8 Å². The zero-order chi connectivity index (χ0) is 16.7. The number of anilines is 1. The Labute approximate surface area is 138 Å². The number of nitrogens with one attached hydrogen (secondary N) is 1. The Kier molecular flexibility index (Phi) is 6.44. The Morgan fingerprint density at radius 1 is 1.26 bits per heavy atom. The van der Waals surface area contributed by atoms with Crippen LogP contribution in [0.5, 0.6) is 0 Å². The summed E-state index contributed by atoms with van der Waals surface area (Å²) < 4.78 is 4.98. The first kappa shape index (κ1) is 17.3. The van der Waals surface area contributed by atoms with Crippen LogP contribution < -0.4 is 5.32 Å². The summed E-state index contributed by atoms with van der Waals surface area (Å²) in [5.41, 5.74) is 1.24. The molecule has 1 aromatic rings. The largest absolute Gasteiger partial charge is 0.462 e. The maximum atomic E-state index is 12.3. The lowest BCUT2D eigenvalue weighted by molar-refractivity contribution is -0.130. The number of likely N-dealkylation sites (N-methyl/N-ethyl adjacent to an activating group) is 1. The van der Waals surface area contributed by atoms with E-state index in [1.807, 2.05) is 18.0 Å². The molecule has 0 bridgehead atoms. The van der Waals surface area contributed by atoms with Crippen LogP contribution in [0.25, 0.3) is 0 Å². The summed E-state index contributed by atoms with van der Waals surface area (Å²) in [7, 11) is 1.88. The summed E-state index contributed by atoms with van der Waals surface area (Å²) in [4.78, 5) is 25.9. The predicted molar refractivity (Wildman–Crippen MR) is 90.5 cm³/mol. The van der Waals surface area contributed by atoms with Crippen LogP contribution in [0.1, 0.15) is 49.4 Å². The van der Waals surface area contributed by atoms with Crippen LogP contribution >= 0.6 is 0 Å². The molecule has 1 aromatic carbocycles. The van der Waals surface area contributed by atoms with Gasteiger partial charge in [-0.25, -0.2) is 4.79 Å². The Balaban J connectivity index is 1.88. The highest BCUT2D eigenvalue weighted by Gasteiger charge is 2.21. The third-order valence-electron chi connectivity index (χ3n) is 4.33. The molecule has 1 aliphatic carbocycles. The lowest BCUT2D eigenvalue weighted by Crippen LogP contribution is -2.41. The number of rotatable bonds is 6. The molecule has 1 saturated carbocycles. The maximum Gasteiger partial charge on any atom is 0.338 e. The van der Waals surface area contributed by atoms with E-state index in [1.165, 1.54) is 19.3 Å². The van der Waals surface area contributed by atoms with E-state index < -0.39 is 0 Å². The summed E-state index contributed by atoms with van der Waals surface area (Å²) in [6.45, 7) is 2.36. The second kappa shape index (κ2) is 8.56. The Morgan fingerprint density at radius 3 is 2.70 bits per heavy atom. The van der Waals surface area contributed by atoms with Crippen molar-refractivity contribution in [2.75, 3.05) is 25.5 Å². The Morgan fingerprint density at radius 2 is 2.00 bits per heavy atom. The van der Waals surface area contributed by atoms with Crippen LogP contribution in [-0.2, 0) is 9.53 Å². The van der Waals surface area contributed by atoms with Gasteiger partial charge < -0.3 is 15.0 Å². The summed E-state index contributed by atoms with van der Waals surface area (Å²) in [6, 6.07) is 7.41. The molecule has 23 heavy (non-hydrogen) atoms. The van der Waals surface area contributed by atoms with Crippen LogP contribution in [0, 0.1) is 0 Å². The third kappa shape index (κ3) is 4.98. The average molecular weight is 318 g/mol. The molecule has 0 heterocycles. The van der Waals surface area contributed by atoms with Gasteiger partial charge >= 0.3 is 5.97 Å². The van der Waals surface area contributed by atoms with Crippen molar-refractivity contribution in [1.29, 1.82) is 0 Å². The van der Waals surface area contributed by atoms with Gasteiger partial charge in [0.15, 0.2) is 0 Å². The van der Waals surface area contributed by atoms with Crippen molar-refractivity contribution in [2.45, 2.75) is 45.1 Å². The first-order valence-corrected chi connectivity index (χ1v) is 8.38. The lowest BCUT2D eigenvalue weighted by Gasteiger charge is -2.31. The molecule has 5 nitrogen and oxygen atoms in total. The van der Waals surface area contributed by atoms with Gasteiger partial charge in [0, 0.05) is 18.8 Å². The number of esters is 1. The molecule has 0 saturated heterocycles. The molecule has 1 amide bonds. The quantitative estimate of drug-likeness (QED) is 0.819. The fraction of sp³-hybridized carbons (Fsp3) is 0.556. The van der Waals surface area contributed by atoms with E-state index >= 15 is 0 Å². The highest BCUT2D eigenvalue weighted by atomic mass is 16.5. The van der Waals surface area contributed by atoms with Crippen molar-refractivity contribution >= 4 is 17.6 Å². The van der Waals surface area contributed by atoms with Gasteiger partial charge in [0.05, 0.1) is 18.7 Å². The van der Waals surface area contributed by atoms with E-state index in [2.05, 4.69) is 5.32 Å². The first-order valence-electron chi connectivity index (χ1n) is 8.38. The van der Waals surface area contributed by atoms with Crippen LogP contribution in [0.3, 0.4) is 0 Å². The van der Waals surface area contributed by atoms with Crippen molar-refractivity contribution in [3.8, 4) is 0 Å². The molecule has 2 rings (SSSR count). The minimum atomic E-state index is -0.346. The van der Waals surface area contributed by atoms with E-state index in [-0.39, 0.29) is 18.4 Å². The summed E-state index contributed by atoms with van der Waals surface area (Å²) in [5, 5.41) is 3.10. The standard InChI is InChI=1S/C18H26N2O3/c1-3-23-18(22)14-8-7-9-15(12-14)19-13-17(21)20(2)16-10-5-4-6-11-16/h7-9,12,16,19H,3-6,10-11,13H2,1-2H3. The van der Waals surface area contributed by atoms with E-state index in [9.17, 15) is 9.59 Å². The number of ether oxygens (including phenoxy) is 1. The molecule has 5 heteroatoms. The van der Waals surface area contributed by atoms with Crippen molar-refractivity contribution < 1.29 is 14.3 Å². The molecule has 1 fully saturated rings. The van der Waals surface area contributed by atoms with Gasteiger partial charge in [-0.2, -0.15) is 0 Å². The molecule has 0 aliphatic heterocycles. The van der Waals surface area contributed by atoms with Gasteiger partial charge in [-0.05, 0) is 38.0 Å². The van der Waals surface area contributed by atoms with Crippen LogP contribution in [0.15, 0.2) is 24.3 Å². The number of amides is 1.